The van der Waals surface area contributed by atoms with Gasteiger partial charge in [-0.3, -0.25) is 0 Å². The Balaban J connectivity index is 1.22. The van der Waals surface area contributed by atoms with Gasteiger partial charge in [-0.15, -0.1) is 0 Å². The van der Waals surface area contributed by atoms with Crippen molar-refractivity contribution in [3.63, 3.8) is 0 Å². The van der Waals surface area contributed by atoms with Gasteiger partial charge >= 0.3 is 6.03 Å². The normalized spacial score (nSPS) is 19.3. The maximum atomic E-state index is 12.5. The molecule has 4 N–H and O–H groups in total. The van der Waals surface area contributed by atoms with Gasteiger partial charge in [-0.25, -0.2) is 4.79 Å². The van der Waals surface area contributed by atoms with E-state index >= 15 is 0 Å². The van der Waals surface area contributed by atoms with Gasteiger partial charge in [0.1, 0.15) is 5.75 Å². The third kappa shape index (κ3) is 4.91. The second-order valence-corrected chi connectivity index (χ2v) is 8.47. The fourth-order valence-electron chi connectivity index (χ4n) is 4.71. The molecule has 5 nitrogen and oxygen atoms in total. The summed E-state index contributed by atoms with van der Waals surface area (Å²) in [5.74, 6) is 0.919. The van der Waals surface area contributed by atoms with Crippen LogP contribution in [0.4, 0.5) is 4.79 Å². The summed E-state index contributed by atoms with van der Waals surface area (Å²) in [6.45, 7) is 3.46. The lowest BCUT2D eigenvalue weighted by Crippen LogP contribution is -2.49. The Morgan fingerprint density at radius 1 is 1.10 bits per heavy atom. The number of benzene rings is 2. The third-order valence-corrected chi connectivity index (χ3v) is 6.33. The summed E-state index contributed by atoms with van der Waals surface area (Å²) < 4.78 is 0. The molecule has 5 heteroatoms. The van der Waals surface area contributed by atoms with Crippen LogP contribution in [0.3, 0.4) is 0 Å². The van der Waals surface area contributed by atoms with Crippen molar-refractivity contribution in [1.29, 1.82) is 0 Å². The van der Waals surface area contributed by atoms with Crippen molar-refractivity contribution < 1.29 is 9.90 Å². The second kappa shape index (κ2) is 8.87. The SMILES string of the molecule is CC[C@@H](CC1Cc2ccccc2C1)NC(=O)NC[C@@H]1Cc2ccc(O)cc2CN1. The third-order valence-electron chi connectivity index (χ3n) is 6.33. The summed E-state index contributed by atoms with van der Waals surface area (Å²) in [7, 11) is 0. The number of carbonyl (C=O) groups is 1. The first-order chi connectivity index (χ1) is 14.1. The molecule has 2 aliphatic rings. The highest BCUT2D eigenvalue weighted by molar-refractivity contribution is 5.74. The van der Waals surface area contributed by atoms with Crippen LogP contribution in [0.1, 0.15) is 42.0 Å². The summed E-state index contributed by atoms with van der Waals surface area (Å²) >= 11 is 0. The van der Waals surface area contributed by atoms with E-state index in [4.69, 9.17) is 0 Å². The van der Waals surface area contributed by atoms with Gasteiger partial charge in [-0.05, 0) is 72.4 Å². The largest absolute Gasteiger partial charge is 0.508 e. The van der Waals surface area contributed by atoms with Crippen LogP contribution < -0.4 is 16.0 Å². The lowest BCUT2D eigenvalue weighted by Gasteiger charge is -2.27. The molecule has 2 aromatic carbocycles. The average Bonchev–Trinajstić information content (AvgIpc) is 3.14. The molecule has 154 valence electrons. The van der Waals surface area contributed by atoms with Crippen molar-refractivity contribution in [1.82, 2.24) is 16.0 Å². The van der Waals surface area contributed by atoms with E-state index in [2.05, 4.69) is 47.1 Å². The molecule has 4 rings (SSSR count). The topological polar surface area (TPSA) is 73.4 Å². The number of amides is 2. The van der Waals surface area contributed by atoms with Crippen LogP contribution in [0.2, 0.25) is 0 Å². The summed E-state index contributed by atoms with van der Waals surface area (Å²) in [6, 6.07) is 14.5. The molecule has 1 aliphatic heterocycles. The zero-order valence-electron chi connectivity index (χ0n) is 17.1. The van der Waals surface area contributed by atoms with Crippen molar-refractivity contribution in [3.05, 3.63) is 64.7 Å². The lowest BCUT2D eigenvalue weighted by molar-refractivity contribution is 0.232. The number of carbonyl (C=O) groups excluding carboxylic acids is 1. The van der Waals surface area contributed by atoms with Gasteiger partial charge in [0.25, 0.3) is 0 Å². The molecule has 0 unspecified atom stereocenters. The minimum atomic E-state index is -0.0781. The molecule has 0 saturated carbocycles. The maximum Gasteiger partial charge on any atom is 0.315 e. The molecule has 0 bridgehead atoms. The van der Waals surface area contributed by atoms with E-state index in [0.29, 0.717) is 18.2 Å². The Morgan fingerprint density at radius 3 is 2.55 bits per heavy atom. The Hall–Kier alpha value is -2.53. The lowest BCUT2D eigenvalue weighted by atomic mass is 9.95. The number of urea groups is 1. The Labute approximate surface area is 172 Å². The van der Waals surface area contributed by atoms with Crippen LogP contribution in [0.15, 0.2) is 42.5 Å². The highest BCUT2D eigenvalue weighted by atomic mass is 16.3. The number of aromatic hydroxyl groups is 1. The number of hydrogen-bond acceptors (Lipinski definition) is 3. The first-order valence-electron chi connectivity index (χ1n) is 10.8. The van der Waals surface area contributed by atoms with Crippen molar-refractivity contribution in [2.24, 2.45) is 5.92 Å². The number of hydrogen-bond donors (Lipinski definition) is 4. The molecule has 0 radical (unpaired) electrons. The number of rotatable bonds is 6. The summed E-state index contributed by atoms with van der Waals surface area (Å²) in [5.41, 5.74) is 5.30. The molecule has 1 heterocycles. The van der Waals surface area contributed by atoms with E-state index in [1.165, 1.54) is 16.7 Å². The van der Waals surface area contributed by atoms with E-state index < -0.39 is 0 Å². The van der Waals surface area contributed by atoms with Crippen molar-refractivity contribution >= 4 is 6.03 Å². The second-order valence-electron chi connectivity index (χ2n) is 8.47. The van der Waals surface area contributed by atoms with Crippen LogP contribution >= 0.6 is 0 Å². The van der Waals surface area contributed by atoms with E-state index in [1.807, 2.05) is 12.1 Å². The molecule has 2 aromatic rings. The Bertz CT molecular complexity index is 842. The van der Waals surface area contributed by atoms with Gasteiger partial charge in [0, 0.05) is 25.2 Å². The fraction of sp³-hybridized carbons (Fsp3) is 0.458. The molecule has 0 aromatic heterocycles. The summed E-state index contributed by atoms with van der Waals surface area (Å²) in [6.07, 6.45) is 5.07. The smallest absolute Gasteiger partial charge is 0.315 e. The molecular weight excluding hydrogens is 362 g/mol. The minimum Gasteiger partial charge on any atom is -0.508 e. The zero-order chi connectivity index (χ0) is 20.2. The first kappa shape index (κ1) is 19.8. The van der Waals surface area contributed by atoms with Gasteiger partial charge in [-0.1, -0.05) is 37.3 Å². The van der Waals surface area contributed by atoms with Gasteiger partial charge in [0.2, 0.25) is 0 Å². The molecule has 2 atom stereocenters. The van der Waals surface area contributed by atoms with Crippen LogP contribution in [0.25, 0.3) is 0 Å². The molecule has 0 fully saturated rings. The highest BCUT2D eigenvalue weighted by Gasteiger charge is 2.25. The maximum absolute atomic E-state index is 12.5. The minimum absolute atomic E-state index is 0.0781. The molecule has 0 saturated heterocycles. The van der Waals surface area contributed by atoms with E-state index in [1.54, 1.807) is 6.07 Å². The van der Waals surface area contributed by atoms with Crippen LogP contribution in [0, 0.1) is 5.92 Å². The monoisotopic (exact) mass is 393 g/mol. The molecule has 0 spiro atoms. The highest BCUT2D eigenvalue weighted by Crippen LogP contribution is 2.29. The van der Waals surface area contributed by atoms with Crippen molar-refractivity contribution in [2.75, 3.05) is 6.54 Å². The number of phenolic OH excluding ortho intramolecular Hbond substituents is 1. The van der Waals surface area contributed by atoms with Gasteiger partial charge in [0.05, 0.1) is 0 Å². The quantitative estimate of drug-likeness (QED) is 0.609. The van der Waals surface area contributed by atoms with Crippen molar-refractivity contribution in [3.8, 4) is 5.75 Å². The molecule has 29 heavy (non-hydrogen) atoms. The van der Waals surface area contributed by atoms with Crippen LogP contribution in [0.5, 0.6) is 5.75 Å². The predicted molar refractivity (Wildman–Crippen MR) is 115 cm³/mol. The molecular formula is C24H31N3O2. The van der Waals surface area contributed by atoms with E-state index in [9.17, 15) is 9.90 Å². The van der Waals surface area contributed by atoms with Gasteiger partial charge < -0.3 is 21.1 Å². The molecule has 1 aliphatic carbocycles. The Kier molecular flexibility index (Phi) is 6.05. The van der Waals surface area contributed by atoms with E-state index in [0.717, 1.165) is 44.2 Å². The number of nitrogens with one attached hydrogen (secondary N) is 3. The van der Waals surface area contributed by atoms with Crippen LogP contribution in [-0.4, -0.2) is 29.8 Å². The van der Waals surface area contributed by atoms with Gasteiger partial charge in [0.15, 0.2) is 0 Å². The zero-order valence-corrected chi connectivity index (χ0v) is 17.1. The van der Waals surface area contributed by atoms with Crippen molar-refractivity contribution in [2.45, 2.75) is 57.7 Å². The van der Waals surface area contributed by atoms with Gasteiger partial charge in [-0.2, -0.15) is 0 Å². The molecule has 2 amide bonds. The number of phenols is 1. The van der Waals surface area contributed by atoms with Crippen LogP contribution in [-0.2, 0) is 25.8 Å². The standard InChI is InChI=1S/C24H31N3O2/c1-2-21(11-16-9-17-5-3-4-6-18(17)10-16)27-24(29)26-15-22-12-19-7-8-23(28)13-20(19)14-25-22/h3-8,13,16,21-22,25,28H,2,9-12,14-15H2,1H3,(H2,26,27,29)/t21-,22-/m0/s1. The number of fused-ring (bicyclic) bond motifs is 2. The average molecular weight is 394 g/mol. The first-order valence-corrected chi connectivity index (χ1v) is 10.8. The summed E-state index contributed by atoms with van der Waals surface area (Å²) in [4.78, 5) is 12.5. The fourth-order valence-corrected chi connectivity index (χ4v) is 4.71. The van der Waals surface area contributed by atoms with E-state index in [-0.39, 0.29) is 18.1 Å². The predicted octanol–water partition coefficient (Wildman–Crippen LogP) is 3.29. The Morgan fingerprint density at radius 2 is 1.83 bits per heavy atom. The summed E-state index contributed by atoms with van der Waals surface area (Å²) in [5, 5.41) is 19.3.